The number of hydrogen-bond acceptors (Lipinski definition) is 9. The van der Waals surface area contributed by atoms with Crippen molar-refractivity contribution in [2.24, 2.45) is 0 Å². The third-order valence-corrected chi connectivity index (χ3v) is 5.34. The zero-order valence-corrected chi connectivity index (χ0v) is 22.7. The number of non-ortho nitro benzene ring substituents is 1. The van der Waals surface area contributed by atoms with Crippen molar-refractivity contribution in [1.29, 1.82) is 0 Å². The van der Waals surface area contributed by atoms with Crippen molar-refractivity contribution in [1.82, 2.24) is 0 Å². The van der Waals surface area contributed by atoms with E-state index >= 15 is 0 Å². The highest BCUT2D eigenvalue weighted by molar-refractivity contribution is 14.1. The third-order valence-electron chi connectivity index (χ3n) is 4.58. The Balaban J connectivity index is 1.71. The molecule has 1 aromatic carbocycles. The molecule has 0 unspecified atom stereocenters. The second kappa shape index (κ2) is 24.6. The van der Waals surface area contributed by atoms with E-state index < -0.39 is 4.92 Å². The first kappa shape index (κ1) is 31.9. The van der Waals surface area contributed by atoms with Crippen molar-refractivity contribution in [3.8, 4) is 5.75 Å². The maximum Gasteiger partial charge on any atom is 0.269 e. The fourth-order valence-electron chi connectivity index (χ4n) is 2.74. The van der Waals surface area contributed by atoms with Gasteiger partial charge in [0.25, 0.3) is 5.69 Å². The molecule has 0 N–H and O–H groups in total. The number of nitro benzene ring substituents is 1. The molecule has 0 aliphatic rings. The van der Waals surface area contributed by atoms with Gasteiger partial charge in [-0.25, -0.2) is 0 Å². The van der Waals surface area contributed by atoms with Crippen LogP contribution in [0.5, 0.6) is 5.75 Å². The molecule has 10 nitrogen and oxygen atoms in total. The number of benzene rings is 1. The largest absolute Gasteiger partial charge is 0.491 e. The van der Waals surface area contributed by atoms with Gasteiger partial charge >= 0.3 is 0 Å². The first-order chi connectivity index (χ1) is 17.2. The fourth-order valence-corrected chi connectivity index (χ4v) is 3.28. The summed E-state index contributed by atoms with van der Waals surface area (Å²) in [6, 6.07) is 5.94. The second-order valence-electron chi connectivity index (χ2n) is 7.38. The summed E-state index contributed by atoms with van der Waals surface area (Å²) in [6.45, 7) is 6.87. The summed E-state index contributed by atoms with van der Waals surface area (Å²) in [5.41, 5.74) is 0.0345. The van der Waals surface area contributed by atoms with Crippen molar-refractivity contribution in [2.45, 2.75) is 25.7 Å². The zero-order valence-electron chi connectivity index (χ0n) is 20.5. The Morgan fingerprint density at radius 3 is 1.40 bits per heavy atom. The molecule has 0 aliphatic carbocycles. The Kier molecular flexibility index (Phi) is 22.4. The van der Waals surface area contributed by atoms with Gasteiger partial charge in [0.05, 0.1) is 77.6 Å². The molecule has 202 valence electrons. The van der Waals surface area contributed by atoms with Crippen molar-refractivity contribution >= 4 is 28.3 Å². The smallest absolute Gasteiger partial charge is 0.269 e. The van der Waals surface area contributed by atoms with Crippen molar-refractivity contribution in [2.75, 3.05) is 90.3 Å². The summed E-state index contributed by atoms with van der Waals surface area (Å²) in [7, 11) is 0. The van der Waals surface area contributed by atoms with Crippen LogP contribution >= 0.6 is 22.6 Å². The molecule has 0 aliphatic heterocycles. The Morgan fingerprint density at radius 1 is 0.571 bits per heavy atom. The maximum absolute atomic E-state index is 10.6. The fraction of sp³-hybridized carbons (Fsp3) is 0.750. The van der Waals surface area contributed by atoms with Gasteiger partial charge in [-0.1, -0.05) is 35.4 Å². The monoisotopic (exact) mass is 613 g/mol. The lowest BCUT2D eigenvalue weighted by molar-refractivity contribution is -0.384. The molecule has 0 saturated carbocycles. The average Bonchev–Trinajstić information content (AvgIpc) is 2.87. The zero-order chi connectivity index (χ0) is 25.2. The number of nitrogens with zero attached hydrogens (tertiary/aromatic N) is 1. The van der Waals surface area contributed by atoms with Gasteiger partial charge in [0.15, 0.2) is 0 Å². The molecule has 35 heavy (non-hydrogen) atoms. The summed E-state index contributed by atoms with van der Waals surface area (Å²) in [6.07, 6.45) is 4.96. The van der Waals surface area contributed by atoms with Crippen LogP contribution in [0, 0.1) is 10.1 Å². The summed E-state index contributed by atoms with van der Waals surface area (Å²) >= 11 is 2.41. The number of ether oxygens (including phenoxy) is 7. The number of unbranched alkanes of at least 4 members (excludes halogenated alkanes) is 3. The van der Waals surface area contributed by atoms with Gasteiger partial charge in [-0.2, -0.15) is 0 Å². The standard InChI is InChI=1S/C24H40INO9/c25-9-3-1-2-4-10-29-11-12-30-13-14-31-15-16-32-17-18-33-19-20-34-21-22-35-24-7-5-23(6-8-24)26(27)28/h5-8H,1-4,9-22H2. The van der Waals surface area contributed by atoms with E-state index in [1.54, 1.807) is 12.1 Å². The van der Waals surface area contributed by atoms with Gasteiger partial charge in [0.1, 0.15) is 12.4 Å². The highest BCUT2D eigenvalue weighted by Gasteiger charge is 2.04. The summed E-state index contributed by atoms with van der Waals surface area (Å²) in [4.78, 5) is 10.2. The van der Waals surface area contributed by atoms with Crippen LogP contribution < -0.4 is 4.74 Å². The predicted octanol–water partition coefficient (Wildman–Crippen LogP) is 4.07. The highest BCUT2D eigenvalue weighted by atomic mass is 127. The van der Waals surface area contributed by atoms with Crippen molar-refractivity contribution in [3.63, 3.8) is 0 Å². The van der Waals surface area contributed by atoms with E-state index in [-0.39, 0.29) is 5.69 Å². The molecule has 0 atom stereocenters. The molecule has 0 saturated heterocycles. The van der Waals surface area contributed by atoms with Crippen LogP contribution in [0.15, 0.2) is 24.3 Å². The molecule has 1 aromatic rings. The van der Waals surface area contributed by atoms with Gasteiger partial charge in [-0.05, 0) is 29.4 Å². The molecule has 0 fully saturated rings. The Hall–Kier alpha value is -1.09. The van der Waals surface area contributed by atoms with E-state index in [1.807, 2.05) is 0 Å². The number of alkyl halides is 1. The van der Waals surface area contributed by atoms with E-state index in [4.69, 9.17) is 33.2 Å². The quantitative estimate of drug-likeness (QED) is 0.0503. The topological polar surface area (TPSA) is 108 Å². The molecule has 1 rings (SSSR count). The van der Waals surface area contributed by atoms with Gasteiger partial charge in [0.2, 0.25) is 0 Å². The Bertz CT molecular complexity index is 607. The van der Waals surface area contributed by atoms with Crippen LogP contribution in [0.25, 0.3) is 0 Å². The number of halogens is 1. The van der Waals surface area contributed by atoms with E-state index in [9.17, 15) is 10.1 Å². The van der Waals surface area contributed by atoms with E-state index in [2.05, 4.69) is 22.6 Å². The first-order valence-corrected chi connectivity index (χ1v) is 13.7. The van der Waals surface area contributed by atoms with Crippen LogP contribution in [0.4, 0.5) is 5.69 Å². The minimum atomic E-state index is -0.446. The molecule has 0 bridgehead atoms. The average molecular weight is 613 g/mol. The van der Waals surface area contributed by atoms with Crippen LogP contribution in [-0.2, 0) is 28.4 Å². The minimum Gasteiger partial charge on any atom is -0.491 e. The van der Waals surface area contributed by atoms with E-state index in [1.165, 1.54) is 35.8 Å². The summed E-state index contributed by atoms with van der Waals surface area (Å²) in [5, 5.41) is 10.6. The SMILES string of the molecule is O=[N+]([O-])c1ccc(OCCOCCOCCOCCOCCOCCOCCCCCCI)cc1. The third kappa shape index (κ3) is 20.8. The Labute approximate surface area is 222 Å². The molecule has 0 radical (unpaired) electrons. The molecule has 0 aromatic heterocycles. The highest BCUT2D eigenvalue weighted by Crippen LogP contribution is 2.17. The molecule has 0 amide bonds. The van der Waals surface area contributed by atoms with Crippen LogP contribution in [-0.4, -0.2) is 95.2 Å². The lowest BCUT2D eigenvalue weighted by Crippen LogP contribution is -2.14. The van der Waals surface area contributed by atoms with Gasteiger partial charge < -0.3 is 33.2 Å². The number of nitro groups is 1. The molecular weight excluding hydrogens is 573 g/mol. The molecule has 0 heterocycles. The van der Waals surface area contributed by atoms with E-state index in [0.717, 1.165) is 13.0 Å². The predicted molar refractivity (Wildman–Crippen MR) is 141 cm³/mol. The maximum atomic E-state index is 10.6. The minimum absolute atomic E-state index is 0.0345. The van der Waals surface area contributed by atoms with Gasteiger partial charge in [0, 0.05) is 18.7 Å². The molecule has 0 spiro atoms. The molecule has 11 heteroatoms. The first-order valence-electron chi connectivity index (χ1n) is 12.1. The van der Waals surface area contributed by atoms with E-state index in [0.29, 0.717) is 85.0 Å². The van der Waals surface area contributed by atoms with Crippen LogP contribution in [0.1, 0.15) is 25.7 Å². The lowest BCUT2D eigenvalue weighted by atomic mass is 10.2. The normalized spacial score (nSPS) is 11.1. The molecular formula is C24H40INO9. The number of hydrogen-bond donors (Lipinski definition) is 0. The Morgan fingerprint density at radius 2 is 0.971 bits per heavy atom. The number of rotatable bonds is 26. The second-order valence-corrected chi connectivity index (χ2v) is 8.46. The van der Waals surface area contributed by atoms with Crippen molar-refractivity contribution < 1.29 is 38.1 Å². The van der Waals surface area contributed by atoms with Gasteiger partial charge in [-0.3, -0.25) is 10.1 Å². The lowest BCUT2D eigenvalue weighted by Gasteiger charge is -2.09. The summed E-state index contributed by atoms with van der Waals surface area (Å²) in [5.74, 6) is 0.567. The summed E-state index contributed by atoms with van der Waals surface area (Å²) < 4.78 is 39.4. The van der Waals surface area contributed by atoms with Crippen LogP contribution in [0.2, 0.25) is 0 Å². The van der Waals surface area contributed by atoms with Crippen LogP contribution in [0.3, 0.4) is 0 Å². The van der Waals surface area contributed by atoms with Crippen molar-refractivity contribution in [3.05, 3.63) is 34.4 Å². The van der Waals surface area contributed by atoms with Gasteiger partial charge in [-0.15, -0.1) is 0 Å².